The molecule has 5 nitrogen and oxygen atoms in total. The molecule has 2 N–H and O–H groups in total. The molecule has 1 rings (SSSR count). The van der Waals surface area contributed by atoms with Gasteiger partial charge in [0.25, 0.3) is 0 Å². The lowest BCUT2D eigenvalue weighted by Gasteiger charge is -2.18. The van der Waals surface area contributed by atoms with Crippen LogP contribution in [0.3, 0.4) is 0 Å². The van der Waals surface area contributed by atoms with Crippen molar-refractivity contribution in [1.29, 1.82) is 0 Å². The second kappa shape index (κ2) is 6.47. The molecular formula is C13H15F3N2O3. The van der Waals surface area contributed by atoms with E-state index in [2.05, 4.69) is 5.32 Å². The van der Waals surface area contributed by atoms with Crippen molar-refractivity contribution in [3.8, 4) is 0 Å². The second-order valence-corrected chi connectivity index (χ2v) is 4.52. The van der Waals surface area contributed by atoms with E-state index in [9.17, 15) is 22.8 Å². The topological polar surface area (TPSA) is 69.6 Å². The first kappa shape index (κ1) is 16.8. The van der Waals surface area contributed by atoms with Crippen molar-refractivity contribution >= 4 is 17.7 Å². The van der Waals surface area contributed by atoms with E-state index in [0.29, 0.717) is 5.56 Å². The van der Waals surface area contributed by atoms with Gasteiger partial charge >= 0.3 is 18.2 Å². The van der Waals surface area contributed by atoms with Gasteiger partial charge in [-0.2, -0.15) is 13.2 Å². The molecule has 0 aromatic heterocycles. The van der Waals surface area contributed by atoms with Gasteiger partial charge < -0.3 is 15.3 Å². The lowest BCUT2D eigenvalue weighted by molar-refractivity contribution is -0.138. The summed E-state index contributed by atoms with van der Waals surface area (Å²) in [7, 11) is 1.36. The van der Waals surface area contributed by atoms with Crippen LogP contribution in [0.4, 0.5) is 23.7 Å². The summed E-state index contributed by atoms with van der Waals surface area (Å²) in [5, 5.41) is 10.9. The molecule has 0 spiro atoms. The summed E-state index contributed by atoms with van der Waals surface area (Å²) in [6.07, 6.45) is -4.74. The maximum absolute atomic E-state index is 12.6. The molecule has 0 radical (unpaired) electrons. The molecular weight excluding hydrogens is 289 g/mol. The van der Waals surface area contributed by atoms with Crippen LogP contribution in [0.2, 0.25) is 0 Å². The Morgan fingerprint density at radius 1 is 1.33 bits per heavy atom. The summed E-state index contributed by atoms with van der Waals surface area (Å²) in [5.41, 5.74) is -0.350. The zero-order chi connectivity index (χ0) is 16.2. The first-order chi connectivity index (χ1) is 9.61. The summed E-state index contributed by atoms with van der Waals surface area (Å²) < 4.78 is 37.9. The molecule has 0 saturated carbocycles. The fourth-order valence-electron chi connectivity index (χ4n) is 1.51. The van der Waals surface area contributed by atoms with Gasteiger partial charge in [0, 0.05) is 19.3 Å². The Bertz CT molecular complexity index is 544. The van der Waals surface area contributed by atoms with E-state index in [1.54, 1.807) is 6.92 Å². The summed E-state index contributed by atoms with van der Waals surface area (Å²) >= 11 is 0. The number of halogens is 3. The van der Waals surface area contributed by atoms with Crippen LogP contribution in [0.5, 0.6) is 0 Å². The van der Waals surface area contributed by atoms with Crippen LogP contribution in [0.15, 0.2) is 18.2 Å². The Labute approximate surface area is 119 Å². The Morgan fingerprint density at radius 2 is 1.95 bits per heavy atom. The van der Waals surface area contributed by atoms with E-state index in [0.717, 1.165) is 17.0 Å². The molecule has 8 heteroatoms. The van der Waals surface area contributed by atoms with Crippen LogP contribution < -0.4 is 5.32 Å². The number of aryl methyl sites for hydroxylation is 1. The van der Waals surface area contributed by atoms with Gasteiger partial charge in [0.05, 0.1) is 12.0 Å². The molecule has 0 aliphatic carbocycles. The summed E-state index contributed by atoms with van der Waals surface area (Å²) in [6, 6.07) is 2.37. The number of carboxylic acids is 1. The van der Waals surface area contributed by atoms with Crippen LogP contribution in [-0.2, 0) is 11.0 Å². The molecule has 0 saturated heterocycles. The lowest BCUT2D eigenvalue weighted by Crippen LogP contribution is -2.33. The van der Waals surface area contributed by atoms with Crippen LogP contribution in [-0.4, -0.2) is 35.6 Å². The van der Waals surface area contributed by atoms with E-state index < -0.39 is 23.7 Å². The van der Waals surface area contributed by atoms with Gasteiger partial charge in [0.2, 0.25) is 0 Å². The number of nitrogens with one attached hydrogen (secondary N) is 1. The fourth-order valence-corrected chi connectivity index (χ4v) is 1.51. The average Bonchev–Trinajstić information content (AvgIpc) is 2.36. The number of urea groups is 1. The zero-order valence-corrected chi connectivity index (χ0v) is 11.5. The molecule has 0 atom stereocenters. The number of carboxylic acid groups (broad SMARTS) is 1. The van der Waals surface area contributed by atoms with Gasteiger partial charge in [-0.15, -0.1) is 0 Å². The number of benzene rings is 1. The fraction of sp³-hybridized carbons (Fsp3) is 0.385. The minimum Gasteiger partial charge on any atom is -0.481 e. The van der Waals surface area contributed by atoms with Crippen molar-refractivity contribution in [2.75, 3.05) is 18.9 Å². The number of hydrogen-bond acceptors (Lipinski definition) is 2. The normalized spacial score (nSPS) is 11.1. The standard InChI is InChI=1S/C13H15F3N2O3/c1-8-3-4-9(13(14,15)16)7-10(8)17-12(21)18(2)6-5-11(19)20/h3-4,7H,5-6H2,1-2H3,(H,17,21)(H,19,20). The van der Waals surface area contributed by atoms with Crippen molar-refractivity contribution in [3.63, 3.8) is 0 Å². The molecule has 0 fully saturated rings. The van der Waals surface area contributed by atoms with Gasteiger partial charge in [-0.1, -0.05) is 6.07 Å². The molecule has 1 aromatic carbocycles. The number of amides is 2. The molecule has 0 aliphatic heterocycles. The highest BCUT2D eigenvalue weighted by Crippen LogP contribution is 2.32. The van der Waals surface area contributed by atoms with Crippen molar-refractivity contribution < 1.29 is 27.9 Å². The summed E-state index contributed by atoms with van der Waals surface area (Å²) in [6.45, 7) is 1.52. The minimum atomic E-state index is -4.50. The van der Waals surface area contributed by atoms with Gasteiger partial charge in [-0.25, -0.2) is 4.79 Å². The monoisotopic (exact) mass is 304 g/mol. The lowest BCUT2D eigenvalue weighted by atomic mass is 10.1. The Balaban J connectivity index is 2.82. The third-order valence-corrected chi connectivity index (χ3v) is 2.81. The number of hydrogen-bond donors (Lipinski definition) is 2. The Morgan fingerprint density at radius 3 is 2.48 bits per heavy atom. The van der Waals surface area contributed by atoms with E-state index >= 15 is 0 Å². The number of aliphatic carboxylic acids is 1. The van der Waals surface area contributed by atoms with Gasteiger partial charge in [-0.3, -0.25) is 4.79 Å². The number of carbonyl (C=O) groups excluding carboxylic acids is 1. The number of carbonyl (C=O) groups is 2. The van der Waals surface area contributed by atoms with Crippen LogP contribution in [0.25, 0.3) is 0 Å². The number of alkyl halides is 3. The molecule has 116 valence electrons. The maximum atomic E-state index is 12.6. The SMILES string of the molecule is Cc1ccc(C(F)(F)F)cc1NC(=O)N(C)CCC(=O)O. The molecule has 0 heterocycles. The largest absolute Gasteiger partial charge is 0.481 e. The number of nitrogens with zero attached hydrogens (tertiary/aromatic N) is 1. The molecule has 2 amide bonds. The second-order valence-electron chi connectivity index (χ2n) is 4.52. The third kappa shape index (κ3) is 4.97. The molecule has 0 bridgehead atoms. The van der Waals surface area contributed by atoms with Gasteiger partial charge in [0.1, 0.15) is 0 Å². The summed E-state index contributed by atoms with van der Waals surface area (Å²) in [5.74, 6) is -1.06. The quantitative estimate of drug-likeness (QED) is 0.898. The van der Waals surface area contributed by atoms with E-state index in [1.165, 1.54) is 13.1 Å². The van der Waals surface area contributed by atoms with E-state index in [-0.39, 0.29) is 18.7 Å². The Kier molecular flexibility index (Phi) is 5.17. The Hall–Kier alpha value is -2.25. The average molecular weight is 304 g/mol. The van der Waals surface area contributed by atoms with Crippen molar-refractivity contribution in [3.05, 3.63) is 29.3 Å². The molecule has 0 aliphatic rings. The molecule has 1 aromatic rings. The third-order valence-electron chi connectivity index (χ3n) is 2.81. The van der Waals surface area contributed by atoms with Crippen LogP contribution in [0.1, 0.15) is 17.5 Å². The highest BCUT2D eigenvalue weighted by atomic mass is 19.4. The van der Waals surface area contributed by atoms with Crippen molar-refractivity contribution in [2.45, 2.75) is 19.5 Å². The number of anilines is 1. The van der Waals surface area contributed by atoms with Crippen molar-refractivity contribution in [2.24, 2.45) is 0 Å². The van der Waals surface area contributed by atoms with Crippen molar-refractivity contribution in [1.82, 2.24) is 4.90 Å². The first-order valence-electron chi connectivity index (χ1n) is 6.03. The molecule has 21 heavy (non-hydrogen) atoms. The van der Waals surface area contributed by atoms with E-state index in [4.69, 9.17) is 5.11 Å². The predicted octanol–water partition coefficient (Wildman–Crippen LogP) is 2.95. The summed E-state index contributed by atoms with van der Waals surface area (Å²) in [4.78, 5) is 23.3. The van der Waals surface area contributed by atoms with Gasteiger partial charge in [-0.05, 0) is 24.6 Å². The zero-order valence-electron chi connectivity index (χ0n) is 11.5. The van der Waals surface area contributed by atoms with Crippen LogP contribution >= 0.6 is 0 Å². The van der Waals surface area contributed by atoms with E-state index in [1.807, 2.05) is 0 Å². The molecule has 0 unspecified atom stereocenters. The minimum absolute atomic E-state index is 0.0389. The smallest absolute Gasteiger partial charge is 0.416 e. The maximum Gasteiger partial charge on any atom is 0.416 e. The highest BCUT2D eigenvalue weighted by molar-refractivity contribution is 5.90. The van der Waals surface area contributed by atoms with Crippen LogP contribution in [0, 0.1) is 6.92 Å². The highest BCUT2D eigenvalue weighted by Gasteiger charge is 2.31. The number of rotatable bonds is 4. The predicted molar refractivity (Wildman–Crippen MR) is 70.1 cm³/mol. The van der Waals surface area contributed by atoms with Gasteiger partial charge in [0.15, 0.2) is 0 Å². The first-order valence-corrected chi connectivity index (χ1v) is 6.03.